The molecule has 0 bridgehead atoms. The number of aromatic nitrogens is 2. The van der Waals surface area contributed by atoms with Gasteiger partial charge in [-0.2, -0.15) is 13.2 Å². The fourth-order valence-electron chi connectivity index (χ4n) is 2.45. The van der Waals surface area contributed by atoms with E-state index in [1.807, 2.05) is 0 Å². The van der Waals surface area contributed by atoms with Crippen LogP contribution in [0.2, 0.25) is 0 Å². The van der Waals surface area contributed by atoms with Crippen molar-refractivity contribution in [3.05, 3.63) is 53.9 Å². The van der Waals surface area contributed by atoms with Crippen molar-refractivity contribution in [3.8, 4) is 11.6 Å². The number of nitrogens with two attached hydrogens (primary N) is 1. The molecule has 0 aliphatic carbocycles. The van der Waals surface area contributed by atoms with Gasteiger partial charge in [0.15, 0.2) is 11.7 Å². The summed E-state index contributed by atoms with van der Waals surface area (Å²) in [7, 11) is 1.24. The van der Waals surface area contributed by atoms with E-state index in [9.17, 15) is 18.0 Å². The predicted octanol–water partition coefficient (Wildman–Crippen LogP) is 3.34. The summed E-state index contributed by atoms with van der Waals surface area (Å²) in [6.45, 7) is 0. The number of hydrogen-bond donors (Lipinski definition) is 3. The standard InChI is InChI=1S/C17H14F3N5O2/c1-25(16(21)22)15(26)11-8-9-10(17(18,19)20)5-6-12(14(9)24-11)27-13-4-2-3-7-23-13/h2-8,24H,1H3,(H3,21,22). The Labute approximate surface area is 151 Å². The van der Waals surface area contributed by atoms with E-state index >= 15 is 0 Å². The number of carbonyl (C=O) groups is 1. The second kappa shape index (κ2) is 6.63. The first-order chi connectivity index (χ1) is 12.7. The monoisotopic (exact) mass is 377 g/mol. The first kappa shape index (κ1) is 18.2. The lowest BCUT2D eigenvalue weighted by Gasteiger charge is -2.12. The highest BCUT2D eigenvalue weighted by Gasteiger charge is 2.34. The smallest absolute Gasteiger partial charge is 0.417 e. The number of rotatable bonds is 3. The molecule has 1 amide bonds. The molecule has 7 nitrogen and oxygen atoms in total. The molecule has 0 saturated heterocycles. The molecule has 0 atom stereocenters. The summed E-state index contributed by atoms with van der Waals surface area (Å²) in [6.07, 6.45) is -3.15. The number of H-pyrrole nitrogens is 1. The van der Waals surface area contributed by atoms with Crippen molar-refractivity contribution in [1.82, 2.24) is 14.9 Å². The van der Waals surface area contributed by atoms with Crippen LogP contribution in [0.3, 0.4) is 0 Å². The maximum absolute atomic E-state index is 13.4. The van der Waals surface area contributed by atoms with Crippen LogP contribution < -0.4 is 10.5 Å². The van der Waals surface area contributed by atoms with Gasteiger partial charge in [-0.25, -0.2) is 4.98 Å². The van der Waals surface area contributed by atoms with Crippen molar-refractivity contribution in [2.24, 2.45) is 5.73 Å². The van der Waals surface area contributed by atoms with Gasteiger partial charge in [-0.3, -0.25) is 15.1 Å². The third-order valence-electron chi connectivity index (χ3n) is 3.81. The summed E-state index contributed by atoms with van der Waals surface area (Å²) in [6, 6.07) is 7.96. The Morgan fingerprint density at radius 1 is 1.30 bits per heavy atom. The molecule has 0 radical (unpaired) electrons. The van der Waals surface area contributed by atoms with Crippen LogP contribution in [0.25, 0.3) is 10.9 Å². The van der Waals surface area contributed by atoms with Gasteiger partial charge in [-0.1, -0.05) is 6.07 Å². The Kier molecular flexibility index (Phi) is 4.48. The molecule has 1 aromatic carbocycles. The van der Waals surface area contributed by atoms with Crippen molar-refractivity contribution in [2.75, 3.05) is 7.05 Å². The number of hydrogen-bond acceptors (Lipinski definition) is 4. The van der Waals surface area contributed by atoms with Crippen LogP contribution in [0.4, 0.5) is 13.2 Å². The van der Waals surface area contributed by atoms with Crippen LogP contribution in [-0.2, 0) is 6.18 Å². The molecule has 0 unspecified atom stereocenters. The fourth-order valence-corrected chi connectivity index (χ4v) is 2.45. The molecule has 2 aromatic heterocycles. The minimum atomic E-state index is -4.63. The van der Waals surface area contributed by atoms with E-state index in [4.69, 9.17) is 15.9 Å². The molecule has 2 heterocycles. The maximum Gasteiger partial charge on any atom is 0.417 e. The number of pyridine rings is 1. The molecule has 0 spiro atoms. The first-order valence-corrected chi connectivity index (χ1v) is 7.62. The van der Waals surface area contributed by atoms with Crippen LogP contribution >= 0.6 is 0 Å². The van der Waals surface area contributed by atoms with E-state index in [0.717, 1.165) is 23.1 Å². The third kappa shape index (κ3) is 3.54. The van der Waals surface area contributed by atoms with Gasteiger partial charge in [0.25, 0.3) is 5.91 Å². The summed E-state index contributed by atoms with van der Waals surface area (Å²) in [5.41, 5.74) is 4.16. The Balaban J connectivity index is 2.15. The van der Waals surface area contributed by atoms with E-state index in [0.29, 0.717) is 0 Å². The van der Waals surface area contributed by atoms with Gasteiger partial charge in [0, 0.05) is 24.7 Å². The molecule has 3 rings (SSSR count). The summed E-state index contributed by atoms with van der Waals surface area (Å²) in [5, 5.41) is 7.06. The number of fused-ring (bicyclic) bond motifs is 1. The predicted molar refractivity (Wildman–Crippen MR) is 91.6 cm³/mol. The van der Waals surface area contributed by atoms with Crippen LogP contribution in [-0.4, -0.2) is 33.8 Å². The van der Waals surface area contributed by atoms with Crippen LogP contribution in [0.1, 0.15) is 16.1 Å². The van der Waals surface area contributed by atoms with Crippen molar-refractivity contribution in [2.45, 2.75) is 6.18 Å². The van der Waals surface area contributed by atoms with Gasteiger partial charge in [0.2, 0.25) is 5.88 Å². The minimum absolute atomic E-state index is 0.0178. The van der Waals surface area contributed by atoms with Crippen molar-refractivity contribution in [1.29, 1.82) is 5.41 Å². The highest BCUT2D eigenvalue weighted by molar-refractivity contribution is 6.06. The van der Waals surface area contributed by atoms with Crippen molar-refractivity contribution in [3.63, 3.8) is 0 Å². The number of benzene rings is 1. The number of nitrogens with one attached hydrogen (secondary N) is 2. The molecule has 0 aliphatic rings. The van der Waals surface area contributed by atoms with Crippen LogP contribution in [0.5, 0.6) is 11.6 Å². The number of ether oxygens (including phenoxy) is 1. The summed E-state index contributed by atoms with van der Waals surface area (Å²) < 4.78 is 45.6. The number of alkyl halides is 3. The molecule has 140 valence electrons. The molecular weight excluding hydrogens is 363 g/mol. The normalized spacial score (nSPS) is 11.4. The van der Waals surface area contributed by atoms with E-state index < -0.39 is 23.6 Å². The zero-order valence-electron chi connectivity index (χ0n) is 14.0. The average Bonchev–Trinajstić information content (AvgIpc) is 3.06. The Morgan fingerprint density at radius 2 is 2.04 bits per heavy atom. The Bertz CT molecular complexity index is 1010. The average molecular weight is 377 g/mol. The van der Waals surface area contributed by atoms with Gasteiger partial charge >= 0.3 is 6.18 Å². The van der Waals surface area contributed by atoms with Gasteiger partial charge in [0.05, 0.1) is 11.1 Å². The second-order valence-corrected chi connectivity index (χ2v) is 5.60. The van der Waals surface area contributed by atoms with E-state index in [2.05, 4.69) is 9.97 Å². The third-order valence-corrected chi connectivity index (χ3v) is 3.81. The minimum Gasteiger partial charge on any atom is -0.437 e. The number of nitrogens with zero attached hydrogens (tertiary/aromatic N) is 2. The lowest BCUT2D eigenvalue weighted by atomic mass is 10.1. The number of halogens is 3. The molecule has 27 heavy (non-hydrogen) atoms. The van der Waals surface area contributed by atoms with Crippen molar-refractivity contribution >= 4 is 22.8 Å². The zero-order valence-corrected chi connectivity index (χ0v) is 14.0. The van der Waals surface area contributed by atoms with Gasteiger partial charge < -0.3 is 15.5 Å². The first-order valence-electron chi connectivity index (χ1n) is 7.62. The van der Waals surface area contributed by atoms with Crippen LogP contribution in [0, 0.1) is 5.41 Å². The molecular formula is C17H14F3N5O2. The topological polar surface area (TPSA) is 108 Å². The molecule has 3 aromatic rings. The largest absolute Gasteiger partial charge is 0.437 e. The van der Waals surface area contributed by atoms with E-state index in [-0.39, 0.29) is 28.2 Å². The van der Waals surface area contributed by atoms with Crippen LogP contribution in [0.15, 0.2) is 42.6 Å². The van der Waals surface area contributed by atoms with Crippen molar-refractivity contribution < 1.29 is 22.7 Å². The lowest BCUT2D eigenvalue weighted by molar-refractivity contribution is -0.136. The molecule has 0 aliphatic heterocycles. The number of aromatic amines is 1. The maximum atomic E-state index is 13.4. The quantitative estimate of drug-likeness (QED) is 0.480. The van der Waals surface area contributed by atoms with E-state index in [1.54, 1.807) is 18.2 Å². The molecule has 0 fully saturated rings. The number of guanidine groups is 1. The summed E-state index contributed by atoms with van der Waals surface area (Å²) >= 11 is 0. The van der Waals surface area contributed by atoms with Gasteiger partial charge in [-0.15, -0.1) is 0 Å². The SMILES string of the molecule is CN(C(=N)N)C(=O)c1cc2c(C(F)(F)F)ccc(Oc3ccccn3)c2[nH]1. The fraction of sp³-hybridized carbons (Fsp3) is 0.118. The van der Waals surface area contributed by atoms with Gasteiger partial charge in [0.1, 0.15) is 5.69 Å². The molecule has 0 saturated carbocycles. The molecule has 10 heteroatoms. The Morgan fingerprint density at radius 3 is 2.63 bits per heavy atom. The Hall–Kier alpha value is -3.56. The summed E-state index contributed by atoms with van der Waals surface area (Å²) in [5.74, 6) is -1.04. The lowest BCUT2D eigenvalue weighted by Crippen LogP contribution is -2.38. The number of amides is 1. The zero-order chi connectivity index (χ0) is 19.8. The number of carbonyl (C=O) groups excluding carboxylic acids is 1. The van der Waals surface area contributed by atoms with Gasteiger partial charge in [-0.05, 0) is 24.3 Å². The highest BCUT2D eigenvalue weighted by Crippen LogP contribution is 2.39. The van der Waals surface area contributed by atoms with E-state index in [1.165, 1.54) is 13.2 Å². The highest BCUT2D eigenvalue weighted by atomic mass is 19.4. The summed E-state index contributed by atoms with van der Waals surface area (Å²) in [4.78, 5) is 19.7. The second-order valence-electron chi connectivity index (χ2n) is 5.60. The molecule has 4 N–H and O–H groups in total.